The molecule has 2 saturated carbocycles. The first-order valence-electron chi connectivity index (χ1n) is 10.3. The van der Waals surface area contributed by atoms with Crippen LogP contribution in [0.3, 0.4) is 0 Å². The van der Waals surface area contributed by atoms with E-state index in [2.05, 4.69) is 11.4 Å². The van der Waals surface area contributed by atoms with Crippen LogP contribution in [0.2, 0.25) is 0 Å². The average molecular weight is 398 g/mol. The number of nitrogens with one attached hydrogen (secondary N) is 1. The van der Waals surface area contributed by atoms with Gasteiger partial charge in [0.1, 0.15) is 6.61 Å². The minimum Gasteiger partial charge on any atom is -0.481 e. The monoisotopic (exact) mass is 398 g/mol. The van der Waals surface area contributed by atoms with Gasteiger partial charge < -0.3 is 20.1 Å². The Morgan fingerprint density at radius 1 is 1.24 bits per heavy atom. The molecule has 2 heterocycles. The molecular weight excluding hydrogens is 372 g/mol. The number of likely N-dealkylation sites (tertiary alicyclic amines) is 1. The van der Waals surface area contributed by atoms with Crippen LogP contribution in [0, 0.1) is 17.8 Å². The highest BCUT2D eigenvalue weighted by Crippen LogP contribution is 2.59. The van der Waals surface area contributed by atoms with E-state index in [0.717, 1.165) is 18.7 Å². The number of benzene rings is 1. The number of rotatable bonds is 4. The largest absolute Gasteiger partial charge is 0.481 e. The highest BCUT2D eigenvalue weighted by molar-refractivity contribution is 5.82. The molecule has 0 radical (unpaired) electrons. The normalized spacial score (nSPS) is 35.0. The third-order valence-corrected chi connectivity index (χ3v) is 7.50. The molecule has 5 rings (SSSR count). The zero-order valence-electron chi connectivity index (χ0n) is 16.7. The SMILES string of the molecule is CC(C)(C(=O)O)c1cccc([C@@H]2[C@@H]3CN(C(=O)C4CC5(COC(=O)N5)C4)C[C@@H]32)c1. The lowest BCUT2D eigenvalue weighted by molar-refractivity contribution is -0.142. The lowest BCUT2D eigenvalue weighted by atomic mass is 9.68. The summed E-state index contributed by atoms with van der Waals surface area (Å²) >= 11 is 0. The summed E-state index contributed by atoms with van der Waals surface area (Å²) in [4.78, 5) is 37.6. The molecule has 4 fully saturated rings. The van der Waals surface area contributed by atoms with Crippen molar-refractivity contribution in [3.8, 4) is 0 Å². The summed E-state index contributed by atoms with van der Waals surface area (Å²) in [7, 11) is 0. The van der Waals surface area contributed by atoms with E-state index >= 15 is 0 Å². The molecule has 2 N–H and O–H groups in total. The van der Waals surface area contributed by atoms with E-state index in [-0.39, 0.29) is 23.5 Å². The molecule has 7 nitrogen and oxygen atoms in total. The van der Waals surface area contributed by atoms with Gasteiger partial charge in [-0.25, -0.2) is 4.79 Å². The summed E-state index contributed by atoms with van der Waals surface area (Å²) < 4.78 is 4.99. The lowest BCUT2D eigenvalue weighted by Crippen LogP contribution is -2.58. The molecule has 1 spiro atoms. The number of cyclic esters (lactones) is 1. The van der Waals surface area contributed by atoms with Crippen LogP contribution in [0.25, 0.3) is 0 Å². The fraction of sp³-hybridized carbons (Fsp3) is 0.591. The molecule has 0 bridgehead atoms. The lowest BCUT2D eigenvalue weighted by Gasteiger charge is -2.43. The highest BCUT2D eigenvalue weighted by Gasteiger charge is 2.59. The average Bonchev–Trinajstić information content (AvgIpc) is 2.99. The molecule has 7 heteroatoms. The fourth-order valence-corrected chi connectivity index (χ4v) is 5.49. The molecule has 0 aromatic heterocycles. The summed E-state index contributed by atoms with van der Waals surface area (Å²) in [5.41, 5.74) is 0.773. The van der Waals surface area contributed by atoms with E-state index in [0.29, 0.717) is 37.2 Å². The van der Waals surface area contributed by atoms with Gasteiger partial charge in [-0.15, -0.1) is 0 Å². The van der Waals surface area contributed by atoms with Crippen LogP contribution < -0.4 is 5.32 Å². The first-order chi connectivity index (χ1) is 13.7. The van der Waals surface area contributed by atoms with Crippen molar-refractivity contribution in [3.63, 3.8) is 0 Å². The van der Waals surface area contributed by atoms with Crippen molar-refractivity contribution in [1.29, 1.82) is 0 Å². The van der Waals surface area contributed by atoms with Gasteiger partial charge in [0, 0.05) is 19.0 Å². The zero-order chi connectivity index (χ0) is 20.6. The molecule has 154 valence electrons. The number of piperidine rings is 1. The number of hydrogen-bond acceptors (Lipinski definition) is 4. The number of ether oxygens (including phenoxy) is 1. The molecule has 3 atom stereocenters. The van der Waals surface area contributed by atoms with Gasteiger partial charge >= 0.3 is 12.1 Å². The Morgan fingerprint density at radius 3 is 2.52 bits per heavy atom. The topological polar surface area (TPSA) is 95.9 Å². The van der Waals surface area contributed by atoms with Gasteiger partial charge in [-0.3, -0.25) is 9.59 Å². The second-order valence-corrected chi connectivity index (χ2v) is 9.74. The summed E-state index contributed by atoms with van der Waals surface area (Å²) in [5.74, 6) is 0.691. The van der Waals surface area contributed by atoms with Crippen molar-refractivity contribution in [1.82, 2.24) is 10.2 Å². The number of carbonyl (C=O) groups excluding carboxylic acids is 2. The number of amides is 2. The number of aliphatic carboxylic acids is 1. The Morgan fingerprint density at radius 2 is 1.93 bits per heavy atom. The van der Waals surface area contributed by atoms with Crippen LogP contribution in [0.4, 0.5) is 4.79 Å². The van der Waals surface area contributed by atoms with E-state index in [9.17, 15) is 19.5 Å². The van der Waals surface area contributed by atoms with Crippen LogP contribution >= 0.6 is 0 Å². The Hall–Kier alpha value is -2.57. The Labute approximate surface area is 169 Å². The van der Waals surface area contributed by atoms with E-state index < -0.39 is 11.4 Å². The van der Waals surface area contributed by atoms with Gasteiger partial charge in [0.2, 0.25) is 5.91 Å². The maximum absolute atomic E-state index is 12.8. The van der Waals surface area contributed by atoms with Gasteiger partial charge in [0.05, 0.1) is 11.0 Å². The Bertz CT molecular complexity index is 892. The number of carboxylic acids is 1. The summed E-state index contributed by atoms with van der Waals surface area (Å²) in [6.07, 6.45) is 0.952. The van der Waals surface area contributed by atoms with Crippen LogP contribution in [0.5, 0.6) is 0 Å². The smallest absolute Gasteiger partial charge is 0.407 e. The molecule has 4 aliphatic rings. The van der Waals surface area contributed by atoms with Gasteiger partial charge in [-0.2, -0.15) is 0 Å². The minimum absolute atomic E-state index is 0.0207. The molecule has 1 aromatic carbocycles. The molecule has 2 saturated heterocycles. The first-order valence-corrected chi connectivity index (χ1v) is 10.3. The number of alkyl carbamates (subject to hydrolysis) is 1. The second kappa shape index (κ2) is 5.97. The first kappa shape index (κ1) is 18.5. The number of carboxylic acid groups (broad SMARTS) is 1. The highest BCUT2D eigenvalue weighted by atomic mass is 16.6. The van der Waals surface area contributed by atoms with Gasteiger partial charge in [-0.05, 0) is 55.6 Å². The van der Waals surface area contributed by atoms with Crippen molar-refractivity contribution < 1.29 is 24.2 Å². The van der Waals surface area contributed by atoms with Gasteiger partial charge in [0.15, 0.2) is 0 Å². The van der Waals surface area contributed by atoms with Crippen LogP contribution in [0.15, 0.2) is 24.3 Å². The van der Waals surface area contributed by atoms with Crippen LogP contribution in [-0.4, -0.2) is 53.2 Å². The van der Waals surface area contributed by atoms with E-state index in [1.807, 2.05) is 23.1 Å². The fourth-order valence-electron chi connectivity index (χ4n) is 5.49. The van der Waals surface area contributed by atoms with Crippen LogP contribution in [-0.2, 0) is 19.7 Å². The molecule has 0 unspecified atom stereocenters. The van der Waals surface area contributed by atoms with E-state index in [1.165, 1.54) is 5.56 Å². The maximum Gasteiger partial charge on any atom is 0.407 e. The maximum atomic E-state index is 12.8. The van der Waals surface area contributed by atoms with E-state index in [1.54, 1.807) is 13.8 Å². The predicted octanol–water partition coefficient (Wildman–Crippen LogP) is 2.11. The Balaban J connectivity index is 1.20. The summed E-state index contributed by atoms with van der Waals surface area (Å²) in [6.45, 7) is 5.36. The molecule has 29 heavy (non-hydrogen) atoms. The molecular formula is C22H26N2O5. The van der Waals surface area contributed by atoms with Crippen LogP contribution in [0.1, 0.15) is 43.7 Å². The van der Waals surface area contributed by atoms with Gasteiger partial charge in [0.25, 0.3) is 0 Å². The third kappa shape index (κ3) is 2.81. The quantitative estimate of drug-likeness (QED) is 0.810. The zero-order valence-corrected chi connectivity index (χ0v) is 16.7. The number of fused-ring (bicyclic) bond motifs is 1. The van der Waals surface area contributed by atoms with Crippen molar-refractivity contribution in [2.24, 2.45) is 17.8 Å². The molecule has 2 aliphatic carbocycles. The van der Waals surface area contributed by atoms with Crippen molar-refractivity contribution in [2.45, 2.75) is 43.6 Å². The number of nitrogens with zero attached hydrogens (tertiary/aromatic N) is 1. The third-order valence-electron chi connectivity index (χ3n) is 7.50. The number of hydrogen-bond donors (Lipinski definition) is 2. The number of carbonyl (C=O) groups is 3. The summed E-state index contributed by atoms with van der Waals surface area (Å²) in [6, 6.07) is 7.93. The summed E-state index contributed by atoms with van der Waals surface area (Å²) in [5, 5.41) is 12.3. The van der Waals surface area contributed by atoms with Crippen molar-refractivity contribution in [3.05, 3.63) is 35.4 Å². The van der Waals surface area contributed by atoms with Gasteiger partial charge in [-0.1, -0.05) is 24.3 Å². The van der Waals surface area contributed by atoms with Crippen molar-refractivity contribution in [2.75, 3.05) is 19.7 Å². The molecule has 2 aliphatic heterocycles. The molecule has 1 aromatic rings. The second-order valence-electron chi connectivity index (χ2n) is 9.74. The standard InChI is InChI=1S/C22H26N2O5/c1-21(2,19(26)27)14-5-3-4-12(6-14)17-15-9-24(10-16(15)17)18(25)13-7-22(8-13)11-29-20(28)23-22/h3-6,13,15-17H,7-11H2,1-2H3,(H,23,28)(H,26,27)/t13?,15-,16+,17-,22?. The predicted molar refractivity (Wildman–Crippen MR) is 103 cm³/mol. The van der Waals surface area contributed by atoms with E-state index in [4.69, 9.17) is 4.74 Å². The Kier molecular flexibility index (Phi) is 3.80. The molecule has 2 amide bonds. The van der Waals surface area contributed by atoms with Crippen molar-refractivity contribution >= 4 is 18.0 Å². The minimum atomic E-state index is -0.915.